The van der Waals surface area contributed by atoms with Gasteiger partial charge in [0.25, 0.3) is 0 Å². The maximum absolute atomic E-state index is 11.1. The Morgan fingerprint density at radius 3 is 2.84 bits per heavy atom. The summed E-state index contributed by atoms with van der Waals surface area (Å²) in [6.45, 7) is 0. The topological polar surface area (TPSA) is 56.0 Å². The number of aldehydes is 1. The lowest BCUT2D eigenvalue weighted by atomic mass is 10.1. The molecule has 98 valence electrons. The number of hydrogen-bond acceptors (Lipinski definition) is 4. The molecule has 19 heavy (non-hydrogen) atoms. The monoisotopic (exact) mass is 272 g/mol. The van der Waals surface area contributed by atoms with Gasteiger partial charge in [0, 0.05) is 28.9 Å². The van der Waals surface area contributed by atoms with Crippen molar-refractivity contribution in [2.45, 2.75) is 31.6 Å². The molecule has 1 aliphatic carbocycles. The number of nitrogens with two attached hydrogens (primary N) is 1. The lowest BCUT2D eigenvalue weighted by Crippen LogP contribution is -1.90. The summed E-state index contributed by atoms with van der Waals surface area (Å²) in [6, 6.07) is 5.46. The first-order valence-electron chi connectivity index (χ1n) is 6.58. The van der Waals surface area contributed by atoms with Crippen LogP contribution in [-0.2, 0) is 0 Å². The maximum Gasteiger partial charge on any atom is 0.150 e. The average Bonchev–Trinajstić information content (AvgIpc) is 3.09. The molecule has 0 bridgehead atoms. The van der Waals surface area contributed by atoms with Gasteiger partial charge in [-0.05, 0) is 25.0 Å². The third kappa shape index (κ3) is 2.40. The third-order valence-electron chi connectivity index (χ3n) is 3.70. The van der Waals surface area contributed by atoms with E-state index >= 15 is 0 Å². The van der Waals surface area contributed by atoms with Crippen LogP contribution in [0.5, 0.6) is 0 Å². The normalized spacial score (nSPS) is 15.8. The van der Waals surface area contributed by atoms with Crippen LogP contribution in [0.2, 0.25) is 0 Å². The Kier molecular flexibility index (Phi) is 3.34. The number of thiazole rings is 1. The fourth-order valence-electron chi connectivity index (χ4n) is 2.68. The lowest BCUT2D eigenvalue weighted by Gasteiger charge is -2.04. The molecule has 0 aliphatic heterocycles. The van der Waals surface area contributed by atoms with Crippen LogP contribution in [0.1, 0.15) is 47.0 Å². The molecule has 0 unspecified atom stereocenters. The molecular formula is C15H16N2OS. The summed E-state index contributed by atoms with van der Waals surface area (Å²) in [6.07, 6.45) is 7.85. The Bertz CT molecular complexity index is 600. The molecule has 0 saturated heterocycles. The van der Waals surface area contributed by atoms with E-state index in [0.717, 1.165) is 16.7 Å². The van der Waals surface area contributed by atoms with Crippen molar-refractivity contribution >= 4 is 23.3 Å². The number of nitrogen functional groups attached to an aromatic ring is 1. The van der Waals surface area contributed by atoms with Gasteiger partial charge in [-0.1, -0.05) is 18.9 Å². The van der Waals surface area contributed by atoms with E-state index in [1.807, 2.05) is 18.3 Å². The van der Waals surface area contributed by atoms with Gasteiger partial charge in [0.2, 0.25) is 0 Å². The number of hydrogen-bond donors (Lipinski definition) is 1. The highest BCUT2D eigenvalue weighted by Crippen LogP contribution is 2.39. The van der Waals surface area contributed by atoms with Crippen LogP contribution in [0.25, 0.3) is 10.4 Å². The third-order valence-corrected chi connectivity index (χ3v) is 4.89. The van der Waals surface area contributed by atoms with E-state index in [0.29, 0.717) is 17.2 Å². The van der Waals surface area contributed by atoms with Gasteiger partial charge in [-0.3, -0.25) is 4.79 Å². The zero-order chi connectivity index (χ0) is 13.2. The van der Waals surface area contributed by atoms with E-state index in [1.165, 1.54) is 30.7 Å². The molecule has 2 N–H and O–H groups in total. The number of carbonyl (C=O) groups excluding carboxylic acids is 1. The second kappa shape index (κ2) is 5.13. The van der Waals surface area contributed by atoms with E-state index in [2.05, 4.69) is 4.98 Å². The molecule has 2 aromatic rings. The summed E-state index contributed by atoms with van der Waals surface area (Å²) < 4.78 is 0. The Balaban J connectivity index is 1.96. The molecule has 1 fully saturated rings. The van der Waals surface area contributed by atoms with Crippen LogP contribution in [0, 0.1) is 0 Å². The summed E-state index contributed by atoms with van der Waals surface area (Å²) in [5.74, 6) is 0.618. The summed E-state index contributed by atoms with van der Waals surface area (Å²) in [5, 5.41) is 1.21. The van der Waals surface area contributed by atoms with Crippen molar-refractivity contribution in [3.8, 4) is 10.4 Å². The minimum atomic E-state index is 0.617. The van der Waals surface area contributed by atoms with E-state index in [9.17, 15) is 4.79 Å². The molecular weight excluding hydrogens is 256 g/mol. The lowest BCUT2D eigenvalue weighted by molar-refractivity contribution is 0.112. The van der Waals surface area contributed by atoms with Gasteiger partial charge in [-0.2, -0.15) is 0 Å². The quantitative estimate of drug-likeness (QED) is 0.681. The number of rotatable bonds is 3. The highest BCUT2D eigenvalue weighted by atomic mass is 32.1. The van der Waals surface area contributed by atoms with Crippen LogP contribution < -0.4 is 5.73 Å². The Labute approximate surface area is 116 Å². The van der Waals surface area contributed by atoms with Crippen molar-refractivity contribution in [3.05, 3.63) is 35.0 Å². The Morgan fingerprint density at radius 1 is 1.32 bits per heavy atom. The van der Waals surface area contributed by atoms with Crippen molar-refractivity contribution in [2.24, 2.45) is 0 Å². The number of anilines is 1. The summed E-state index contributed by atoms with van der Waals surface area (Å²) >= 11 is 1.71. The minimum Gasteiger partial charge on any atom is -0.399 e. The van der Waals surface area contributed by atoms with Crippen LogP contribution in [0.4, 0.5) is 5.69 Å². The predicted molar refractivity (Wildman–Crippen MR) is 78.6 cm³/mol. The largest absolute Gasteiger partial charge is 0.399 e. The van der Waals surface area contributed by atoms with Crippen LogP contribution >= 0.6 is 11.3 Å². The van der Waals surface area contributed by atoms with Crippen molar-refractivity contribution in [3.63, 3.8) is 0 Å². The summed E-state index contributed by atoms with van der Waals surface area (Å²) in [4.78, 5) is 16.7. The van der Waals surface area contributed by atoms with E-state index in [-0.39, 0.29) is 0 Å². The van der Waals surface area contributed by atoms with Gasteiger partial charge >= 0.3 is 0 Å². The van der Waals surface area contributed by atoms with Crippen LogP contribution in [0.3, 0.4) is 0 Å². The average molecular weight is 272 g/mol. The van der Waals surface area contributed by atoms with Gasteiger partial charge in [0.05, 0.1) is 9.88 Å². The van der Waals surface area contributed by atoms with Crippen molar-refractivity contribution < 1.29 is 4.79 Å². The first-order chi connectivity index (χ1) is 9.28. The standard InChI is InChI=1S/C15H16N2OS/c16-12-5-6-13(11(7-12)9-18)14-8-17-15(19-14)10-3-1-2-4-10/h5-10H,1-4,16H2. The van der Waals surface area contributed by atoms with E-state index in [4.69, 9.17) is 5.73 Å². The first-order valence-corrected chi connectivity index (χ1v) is 7.40. The number of carbonyl (C=O) groups is 1. The Hall–Kier alpha value is -1.68. The maximum atomic E-state index is 11.1. The second-order valence-electron chi connectivity index (χ2n) is 5.01. The minimum absolute atomic E-state index is 0.617. The molecule has 3 rings (SSSR count). The molecule has 1 heterocycles. The predicted octanol–water partition coefficient (Wildman–Crippen LogP) is 3.86. The fraction of sp³-hybridized carbons (Fsp3) is 0.333. The number of benzene rings is 1. The molecule has 0 amide bonds. The molecule has 1 saturated carbocycles. The molecule has 0 spiro atoms. The van der Waals surface area contributed by atoms with Crippen molar-refractivity contribution in [2.75, 3.05) is 5.73 Å². The number of nitrogens with zero attached hydrogens (tertiary/aromatic N) is 1. The highest BCUT2D eigenvalue weighted by molar-refractivity contribution is 7.15. The molecule has 1 aromatic carbocycles. The van der Waals surface area contributed by atoms with Crippen molar-refractivity contribution in [1.82, 2.24) is 4.98 Å². The van der Waals surface area contributed by atoms with Gasteiger partial charge in [0.1, 0.15) is 0 Å². The van der Waals surface area contributed by atoms with Gasteiger partial charge < -0.3 is 5.73 Å². The molecule has 4 heteroatoms. The van der Waals surface area contributed by atoms with Crippen molar-refractivity contribution in [1.29, 1.82) is 0 Å². The van der Waals surface area contributed by atoms with Crippen LogP contribution in [0.15, 0.2) is 24.4 Å². The Morgan fingerprint density at radius 2 is 2.11 bits per heavy atom. The molecule has 0 atom stereocenters. The van der Waals surface area contributed by atoms with Gasteiger partial charge in [-0.25, -0.2) is 4.98 Å². The second-order valence-corrected chi connectivity index (χ2v) is 6.07. The van der Waals surface area contributed by atoms with E-state index in [1.54, 1.807) is 17.4 Å². The molecule has 3 nitrogen and oxygen atoms in total. The van der Waals surface area contributed by atoms with Gasteiger partial charge in [0.15, 0.2) is 6.29 Å². The fourth-order valence-corrected chi connectivity index (χ4v) is 3.81. The highest BCUT2D eigenvalue weighted by Gasteiger charge is 2.20. The smallest absolute Gasteiger partial charge is 0.150 e. The molecule has 1 aliphatic rings. The summed E-state index contributed by atoms with van der Waals surface area (Å²) in [5.41, 5.74) is 7.91. The number of aromatic nitrogens is 1. The summed E-state index contributed by atoms with van der Waals surface area (Å²) in [7, 11) is 0. The van der Waals surface area contributed by atoms with E-state index < -0.39 is 0 Å². The molecule has 1 aromatic heterocycles. The zero-order valence-corrected chi connectivity index (χ0v) is 11.5. The van der Waals surface area contributed by atoms with Gasteiger partial charge in [-0.15, -0.1) is 11.3 Å². The first kappa shape index (κ1) is 12.4. The van der Waals surface area contributed by atoms with Crippen LogP contribution in [-0.4, -0.2) is 11.3 Å². The molecule has 0 radical (unpaired) electrons. The zero-order valence-electron chi connectivity index (χ0n) is 10.6. The SMILES string of the molecule is Nc1ccc(-c2cnc(C3CCCC3)s2)c(C=O)c1.